The van der Waals surface area contributed by atoms with Crippen molar-refractivity contribution in [3.05, 3.63) is 71.9 Å². The zero-order valence-corrected chi connectivity index (χ0v) is 22.0. The average Bonchev–Trinajstić information content (AvgIpc) is 3.71. The maximum atomic E-state index is 6.01. The molecule has 0 unspecified atom stereocenters. The number of ether oxygens (including phenoxy) is 1. The molecule has 6 rings (SSSR count). The van der Waals surface area contributed by atoms with E-state index in [0.717, 1.165) is 72.5 Å². The largest absolute Gasteiger partial charge is 0.492 e. The monoisotopic (exact) mass is 509 g/mol. The van der Waals surface area contributed by atoms with E-state index in [2.05, 4.69) is 74.4 Å². The second-order valence-corrected chi connectivity index (χ2v) is 10.1. The Morgan fingerprint density at radius 2 is 1.71 bits per heavy atom. The van der Waals surface area contributed by atoms with E-state index in [0.29, 0.717) is 6.61 Å². The van der Waals surface area contributed by atoms with Crippen molar-refractivity contribution in [3.63, 3.8) is 0 Å². The summed E-state index contributed by atoms with van der Waals surface area (Å²) in [5.41, 5.74) is 6.61. The van der Waals surface area contributed by atoms with Crippen LogP contribution in [0.4, 0.5) is 17.6 Å². The van der Waals surface area contributed by atoms with E-state index >= 15 is 0 Å². The fraction of sp³-hybridized carbons (Fsp3) is 0.367. The highest BCUT2D eigenvalue weighted by Gasteiger charge is 2.20. The molecule has 4 heterocycles. The number of hydrazone groups is 1. The number of nitrogens with zero attached hydrogens (tertiary/aromatic N) is 6. The van der Waals surface area contributed by atoms with Crippen LogP contribution in [0.5, 0.6) is 5.75 Å². The van der Waals surface area contributed by atoms with Crippen molar-refractivity contribution in [1.82, 2.24) is 14.5 Å². The predicted molar refractivity (Wildman–Crippen MR) is 155 cm³/mol. The lowest BCUT2D eigenvalue weighted by Gasteiger charge is -2.21. The Labute approximate surface area is 224 Å². The lowest BCUT2D eigenvalue weighted by atomic mass is 10.2. The average molecular weight is 510 g/mol. The molecule has 0 atom stereocenters. The molecule has 2 saturated heterocycles. The summed E-state index contributed by atoms with van der Waals surface area (Å²) in [6.07, 6.45) is 8.83. The van der Waals surface area contributed by atoms with Gasteiger partial charge in [-0.05, 0) is 56.4 Å². The minimum absolute atomic E-state index is 0.594. The molecule has 2 aromatic carbocycles. The van der Waals surface area contributed by atoms with Gasteiger partial charge in [0.15, 0.2) is 5.82 Å². The maximum Gasteiger partial charge on any atom is 0.229 e. The van der Waals surface area contributed by atoms with Gasteiger partial charge in [-0.2, -0.15) is 15.1 Å². The molecule has 2 aliphatic heterocycles. The van der Waals surface area contributed by atoms with Crippen LogP contribution in [0.15, 0.2) is 65.9 Å². The molecular weight excluding hydrogens is 474 g/mol. The van der Waals surface area contributed by atoms with Crippen LogP contribution >= 0.6 is 0 Å². The normalized spacial score (nSPS) is 15.7. The smallest absolute Gasteiger partial charge is 0.229 e. The van der Waals surface area contributed by atoms with Crippen molar-refractivity contribution in [3.8, 4) is 5.75 Å². The van der Waals surface area contributed by atoms with E-state index in [4.69, 9.17) is 14.7 Å². The molecule has 1 N–H and O–H groups in total. The van der Waals surface area contributed by atoms with E-state index in [1.807, 2.05) is 24.4 Å². The second kappa shape index (κ2) is 11.1. The van der Waals surface area contributed by atoms with E-state index in [9.17, 15) is 0 Å². The molecule has 0 saturated carbocycles. The third-order valence-corrected chi connectivity index (χ3v) is 7.31. The van der Waals surface area contributed by atoms with Crippen molar-refractivity contribution >= 4 is 34.7 Å². The number of aromatic nitrogens is 3. The molecule has 0 spiro atoms. The van der Waals surface area contributed by atoms with Gasteiger partial charge in [0, 0.05) is 54.9 Å². The lowest BCUT2D eigenvalue weighted by Crippen LogP contribution is -2.24. The van der Waals surface area contributed by atoms with E-state index in [1.165, 1.54) is 31.2 Å². The van der Waals surface area contributed by atoms with Gasteiger partial charge in [-0.25, -0.2) is 0 Å². The summed E-state index contributed by atoms with van der Waals surface area (Å²) in [5.74, 6) is 3.42. The molecule has 4 aromatic rings. The minimum atomic E-state index is 0.594. The van der Waals surface area contributed by atoms with Crippen molar-refractivity contribution in [2.24, 2.45) is 5.10 Å². The van der Waals surface area contributed by atoms with Crippen LogP contribution in [-0.2, 0) is 6.54 Å². The third kappa shape index (κ3) is 5.44. The van der Waals surface area contributed by atoms with Crippen molar-refractivity contribution in [2.75, 3.05) is 48.0 Å². The van der Waals surface area contributed by atoms with Gasteiger partial charge in [0.1, 0.15) is 18.2 Å². The zero-order valence-electron chi connectivity index (χ0n) is 22.0. The van der Waals surface area contributed by atoms with Gasteiger partial charge < -0.3 is 19.1 Å². The maximum absolute atomic E-state index is 6.01. The number of rotatable bonds is 9. The van der Waals surface area contributed by atoms with Crippen LogP contribution in [0.2, 0.25) is 0 Å². The van der Waals surface area contributed by atoms with E-state index < -0.39 is 0 Å². The Bertz CT molecular complexity index is 1380. The summed E-state index contributed by atoms with van der Waals surface area (Å²) in [6.45, 7) is 7.54. The molecule has 8 nitrogen and oxygen atoms in total. The van der Waals surface area contributed by atoms with Crippen LogP contribution in [0, 0.1) is 6.92 Å². The van der Waals surface area contributed by atoms with E-state index in [-0.39, 0.29) is 0 Å². The molecule has 196 valence electrons. The summed E-state index contributed by atoms with van der Waals surface area (Å²) in [7, 11) is 0. The first-order chi connectivity index (χ1) is 18.7. The van der Waals surface area contributed by atoms with E-state index in [1.54, 1.807) is 0 Å². The van der Waals surface area contributed by atoms with Gasteiger partial charge in [-0.15, -0.1) is 0 Å². The number of aryl methyl sites for hydroxylation is 1. The standard InChI is InChI=1S/C30H35N7O/c1-23-9-8-10-25(19-23)38-18-17-37-22-24(26-11-2-3-12-27(26)37)21-31-34-28-20-29(35-13-4-5-14-35)33-30(32-28)36-15-6-7-16-36/h2-3,8-12,19-22H,4-7,13-18H2,1H3,(H,32,33,34)/b31-21-. The number of anilines is 3. The first-order valence-corrected chi connectivity index (χ1v) is 13.7. The predicted octanol–water partition coefficient (Wildman–Crippen LogP) is 5.47. The van der Waals surface area contributed by atoms with Crippen LogP contribution in [0.1, 0.15) is 36.8 Å². The molecule has 8 heteroatoms. The SMILES string of the molecule is Cc1cccc(OCCn2cc(/C=N\Nc3cc(N4CCCC4)nc(N4CCCC4)n3)c3ccccc32)c1. The first kappa shape index (κ1) is 24.3. The number of hydrogen-bond donors (Lipinski definition) is 1. The van der Waals surface area contributed by atoms with Gasteiger partial charge in [-0.1, -0.05) is 30.3 Å². The number of para-hydroxylation sites is 1. The summed E-state index contributed by atoms with van der Waals surface area (Å²) in [5, 5.41) is 5.76. The van der Waals surface area contributed by atoms with Gasteiger partial charge in [-0.3, -0.25) is 5.43 Å². The van der Waals surface area contributed by atoms with Crippen molar-refractivity contribution in [2.45, 2.75) is 39.2 Å². The van der Waals surface area contributed by atoms with Crippen molar-refractivity contribution < 1.29 is 4.74 Å². The topological polar surface area (TPSA) is 70.8 Å². The molecule has 0 bridgehead atoms. The van der Waals surface area contributed by atoms with Crippen LogP contribution < -0.4 is 20.0 Å². The Morgan fingerprint density at radius 1 is 0.921 bits per heavy atom. The molecule has 2 fully saturated rings. The molecule has 2 aliphatic rings. The quantitative estimate of drug-likeness (QED) is 0.239. The zero-order chi connectivity index (χ0) is 25.7. The fourth-order valence-electron chi connectivity index (χ4n) is 5.34. The summed E-state index contributed by atoms with van der Waals surface area (Å²) in [6, 6.07) is 18.6. The molecular formula is C30H35N7O. The Kier molecular flexibility index (Phi) is 7.11. The minimum Gasteiger partial charge on any atom is -0.492 e. The summed E-state index contributed by atoms with van der Waals surface area (Å²) < 4.78 is 8.24. The third-order valence-electron chi connectivity index (χ3n) is 7.31. The Morgan fingerprint density at radius 3 is 2.53 bits per heavy atom. The highest BCUT2D eigenvalue weighted by Crippen LogP contribution is 2.26. The van der Waals surface area contributed by atoms with Crippen LogP contribution in [0.3, 0.4) is 0 Å². The molecule has 0 radical (unpaired) electrons. The number of hydrogen-bond acceptors (Lipinski definition) is 7. The number of benzene rings is 2. The molecule has 2 aromatic heterocycles. The van der Waals surface area contributed by atoms with Crippen molar-refractivity contribution in [1.29, 1.82) is 0 Å². The molecule has 38 heavy (non-hydrogen) atoms. The highest BCUT2D eigenvalue weighted by molar-refractivity contribution is 5.99. The fourth-order valence-corrected chi connectivity index (χ4v) is 5.34. The number of nitrogens with one attached hydrogen (secondary N) is 1. The van der Waals surface area contributed by atoms with Gasteiger partial charge in [0.05, 0.1) is 12.8 Å². The molecule has 0 amide bonds. The Balaban J connectivity index is 1.19. The highest BCUT2D eigenvalue weighted by atomic mass is 16.5. The number of fused-ring (bicyclic) bond motifs is 1. The lowest BCUT2D eigenvalue weighted by molar-refractivity contribution is 0.300. The summed E-state index contributed by atoms with van der Waals surface area (Å²) in [4.78, 5) is 14.3. The first-order valence-electron chi connectivity index (χ1n) is 13.7. The van der Waals surface area contributed by atoms with Crippen LogP contribution in [-0.4, -0.2) is 53.5 Å². The van der Waals surface area contributed by atoms with Crippen LogP contribution in [0.25, 0.3) is 10.9 Å². The van der Waals surface area contributed by atoms with Gasteiger partial charge in [0.25, 0.3) is 0 Å². The second-order valence-electron chi connectivity index (χ2n) is 10.1. The van der Waals surface area contributed by atoms with Gasteiger partial charge >= 0.3 is 0 Å². The van der Waals surface area contributed by atoms with Gasteiger partial charge in [0.2, 0.25) is 5.95 Å². The molecule has 0 aliphatic carbocycles. The Hall–Kier alpha value is -4.07. The summed E-state index contributed by atoms with van der Waals surface area (Å²) >= 11 is 0.